The highest BCUT2D eigenvalue weighted by Gasteiger charge is 2.42. The Bertz CT molecular complexity index is 506. The number of urea groups is 1. The smallest absolute Gasteiger partial charge is 0.329 e. The van der Waals surface area contributed by atoms with Crippen LogP contribution in [0, 0.1) is 6.92 Å². The molecule has 1 saturated carbocycles. The molecule has 1 aromatic heterocycles. The van der Waals surface area contributed by atoms with Crippen LogP contribution in [0.3, 0.4) is 0 Å². The summed E-state index contributed by atoms with van der Waals surface area (Å²) in [6.07, 6.45) is 2.68. The van der Waals surface area contributed by atoms with E-state index in [-0.39, 0.29) is 6.04 Å². The van der Waals surface area contributed by atoms with Crippen LogP contribution in [0.25, 0.3) is 0 Å². The summed E-state index contributed by atoms with van der Waals surface area (Å²) in [7, 11) is 0. The predicted octanol–water partition coefficient (Wildman–Crippen LogP) is 2.81. The second-order valence-electron chi connectivity index (χ2n) is 5.36. The van der Waals surface area contributed by atoms with Crippen LogP contribution >= 0.6 is 11.3 Å². The van der Waals surface area contributed by atoms with Crippen LogP contribution in [0.15, 0.2) is 12.1 Å². The van der Waals surface area contributed by atoms with Gasteiger partial charge in [-0.25, -0.2) is 9.59 Å². The fourth-order valence-electron chi connectivity index (χ4n) is 2.58. The number of amides is 2. The number of thiophene rings is 1. The van der Waals surface area contributed by atoms with Crippen LogP contribution in [-0.4, -0.2) is 22.6 Å². The van der Waals surface area contributed by atoms with Crippen molar-refractivity contribution in [2.24, 2.45) is 0 Å². The second-order valence-corrected chi connectivity index (χ2v) is 6.68. The molecule has 1 heterocycles. The van der Waals surface area contributed by atoms with Gasteiger partial charge in [0, 0.05) is 9.75 Å². The van der Waals surface area contributed by atoms with Gasteiger partial charge in [-0.05, 0) is 38.8 Å². The third-order valence-corrected chi connectivity index (χ3v) is 4.94. The van der Waals surface area contributed by atoms with E-state index in [1.54, 1.807) is 11.3 Å². The van der Waals surface area contributed by atoms with Crippen LogP contribution in [-0.2, 0) is 4.79 Å². The van der Waals surface area contributed by atoms with E-state index < -0.39 is 17.5 Å². The van der Waals surface area contributed by atoms with Crippen molar-refractivity contribution >= 4 is 23.3 Å². The minimum absolute atomic E-state index is 0.124. The minimum atomic E-state index is -1.09. The lowest BCUT2D eigenvalue weighted by Gasteiger charge is -2.26. The van der Waals surface area contributed by atoms with Crippen molar-refractivity contribution in [3.05, 3.63) is 21.9 Å². The van der Waals surface area contributed by atoms with Crippen molar-refractivity contribution in [1.29, 1.82) is 0 Å². The SMILES string of the molecule is Cc1ccc(C(C)NC(=O)NC2(C(=O)O)CCCC2)s1. The summed E-state index contributed by atoms with van der Waals surface area (Å²) in [5, 5.41) is 14.8. The van der Waals surface area contributed by atoms with Crippen molar-refractivity contribution in [3.63, 3.8) is 0 Å². The number of carbonyl (C=O) groups is 2. The second kappa shape index (κ2) is 5.83. The highest BCUT2D eigenvalue weighted by atomic mass is 32.1. The molecule has 0 spiro atoms. The van der Waals surface area contributed by atoms with E-state index in [0.29, 0.717) is 12.8 Å². The van der Waals surface area contributed by atoms with Gasteiger partial charge in [0.15, 0.2) is 0 Å². The van der Waals surface area contributed by atoms with Gasteiger partial charge in [-0.3, -0.25) is 0 Å². The first-order valence-corrected chi connectivity index (χ1v) is 7.63. The van der Waals surface area contributed by atoms with E-state index in [2.05, 4.69) is 10.6 Å². The molecule has 1 aliphatic rings. The van der Waals surface area contributed by atoms with Gasteiger partial charge in [-0.2, -0.15) is 0 Å². The molecule has 0 aliphatic heterocycles. The number of carbonyl (C=O) groups excluding carboxylic acids is 1. The molecule has 1 aliphatic carbocycles. The molecule has 3 N–H and O–H groups in total. The Morgan fingerprint density at radius 1 is 1.35 bits per heavy atom. The summed E-state index contributed by atoms with van der Waals surface area (Å²) in [4.78, 5) is 25.6. The largest absolute Gasteiger partial charge is 0.480 e. The number of carboxylic acid groups (broad SMARTS) is 1. The molecule has 0 saturated heterocycles. The summed E-state index contributed by atoms with van der Waals surface area (Å²) in [6, 6.07) is 3.45. The molecule has 110 valence electrons. The highest BCUT2D eigenvalue weighted by Crippen LogP contribution is 2.30. The number of rotatable bonds is 4. The normalized spacial score (nSPS) is 18.5. The van der Waals surface area contributed by atoms with Gasteiger partial charge in [0.1, 0.15) is 5.54 Å². The zero-order valence-corrected chi connectivity index (χ0v) is 12.5. The highest BCUT2D eigenvalue weighted by molar-refractivity contribution is 7.12. The molecule has 0 radical (unpaired) electrons. The number of carboxylic acids is 1. The van der Waals surface area contributed by atoms with E-state index in [0.717, 1.165) is 17.7 Å². The van der Waals surface area contributed by atoms with Gasteiger partial charge >= 0.3 is 12.0 Å². The first-order chi connectivity index (χ1) is 9.43. The van der Waals surface area contributed by atoms with Gasteiger partial charge in [-0.1, -0.05) is 12.8 Å². The van der Waals surface area contributed by atoms with Crippen molar-refractivity contribution < 1.29 is 14.7 Å². The molecule has 1 aromatic rings. The summed E-state index contributed by atoms with van der Waals surface area (Å²) in [5.41, 5.74) is -1.09. The van der Waals surface area contributed by atoms with Crippen molar-refractivity contribution in [2.75, 3.05) is 0 Å². The number of aliphatic carboxylic acids is 1. The van der Waals surface area contributed by atoms with Crippen molar-refractivity contribution in [1.82, 2.24) is 10.6 Å². The van der Waals surface area contributed by atoms with E-state index in [9.17, 15) is 14.7 Å². The molecule has 1 atom stereocenters. The van der Waals surface area contributed by atoms with Crippen LogP contribution in [0.2, 0.25) is 0 Å². The predicted molar refractivity (Wildman–Crippen MR) is 78.0 cm³/mol. The first kappa shape index (κ1) is 14.8. The van der Waals surface area contributed by atoms with Crippen LogP contribution < -0.4 is 10.6 Å². The van der Waals surface area contributed by atoms with Crippen LogP contribution in [0.1, 0.15) is 48.4 Å². The standard InChI is InChI=1S/C14H20N2O3S/c1-9-5-6-11(20-9)10(2)15-13(19)16-14(12(17)18)7-3-4-8-14/h5-6,10H,3-4,7-8H2,1-2H3,(H,17,18)(H2,15,16,19). The molecule has 2 amide bonds. The maximum Gasteiger partial charge on any atom is 0.329 e. The molecule has 0 bridgehead atoms. The molecule has 1 unspecified atom stereocenters. The van der Waals surface area contributed by atoms with E-state index in [1.165, 1.54) is 4.88 Å². The lowest BCUT2D eigenvalue weighted by atomic mass is 9.98. The summed E-state index contributed by atoms with van der Waals surface area (Å²) >= 11 is 1.63. The molecular formula is C14H20N2O3S. The van der Waals surface area contributed by atoms with Gasteiger partial charge in [0.25, 0.3) is 0 Å². The Kier molecular flexibility index (Phi) is 4.32. The quantitative estimate of drug-likeness (QED) is 0.799. The monoisotopic (exact) mass is 296 g/mol. The minimum Gasteiger partial charge on any atom is -0.480 e. The van der Waals surface area contributed by atoms with Gasteiger partial charge < -0.3 is 15.7 Å². The van der Waals surface area contributed by atoms with Crippen LogP contribution in [0.4, 0.5) is 4.79 Å². The molecule has 2 rings (SSSR count). The van der Waals surface area contributed by atoms with E-state index in [1.807, 2.05) is 26.0 Å². The van der Waals surface area contributed by atoms with E-state index in [4.69, 9.17) is 0 Å². The number of aryl methyl sites for hydroxylation is 1. The summed E-state index contributed by atoms with van der Waals surface area (Å²) in [6.45, 7) is 3.91. The average Bonchev–Trinajstić information content (AvgIpc) is 2.98. The fourth-order valence-corrected chi connectivity index (χ4v) is 3.46. The summed E-state index contributed by atoms with van der Waals surface area (Å²) in [5.74, 6) is -0.940. The number of hydrogen-bond acceptors (Lipinski definition) is 3. The average molecular weight is 296 g/mol. The zero-order valence-electron chi connectivity index (χ0n) is 11.7. The molecule has 20 heavy (non-hydrogen) atoms. The Hall–Kier alpha value is -1.56. The topological polar surface area (TPSA) is 78.4 Å². The Morgan fingerprint density at radius 3 is 2.50 bits per heavy atom. The third-order valence-electron chi connectivity index (χ3n) is 3.75. The Balaban J connectivity index is 1.96. The van der Waals surface area contributed by atoms with E-state index >= 15 is 0 Å². The first-order valence-electron chi connectivity index (χ1n) is 6.81. The molecule has 1 fully saturated rings. The lowest BCUT2D eigenvalue weighted by molar-refractivity contribution is -0.144. The van der Waals surface area contributed by atoms with Gasteiger partial charge in [0.05, 0.1) is 6.04 Å². The number of hydrogen-bond donors (Lipinski definition) is 3. The zero-order chi connectivity index (χ0) is 14.8. The Labute approximate surface area is 122 Å². The molecule has 6 heteroatoms. The fraction of sp³-hybridized carbons (Fsp3) is 0.571. The van der Waals surface area contributed by atoms with Crippen molar-refractivity contribution in [2.45, 2.75) is 51.1 Å². The van der Waals surface area contributed by atoms with Crippen LogP contribution in [0.5, 0.6) is 0 Å². The van der Waals surface area contributed by atoms with Crippen molar-refractivity contribution in [3.8, 4) is 0 Å². The maximum absolute atomic E-state index is 12.0. The maximum atomic E-state index is 12.0. The van der Waals surface area contributed by atoms with Gasteiger partial charge in [-0.15, -0.1) is 11.3 Å². The number of nitrogens with one attached hydrogen (secondary N) is 2. The summed E-state index contributed by atoms with van der Waals surface area (Å²) < 4.78 is 0. The molecule has 0 aromatic carbocycles. The lowest BCUT2D eigenvalue weighted by Crippen LogP contribution is -2.55. The molecule has 5 nitrogen and oxygen atoms in total. The Morgan fingerprint density at radius 2 is 2.00 bits per heavy atom. The van der Waals surface area contributed by atoms with Gasteiger partial charge in [0.2, 0.25) is 0 Å². The molecular weight excluding hydrogens is 276 g/mol. The third kappa shape index (κ3) is 3.12.